The highest BCUT2D eigenvalue weighted by Crippen LogP contribution is 2.42. The number of hydrogen-bond acceptors (Lipinski definition) is 3. The topological polar surface area (TPSA) is 16.4 Å². The number of fused-ring (bicyclic) bond motifs is 7. The molecular formula is C52H33NOS. The first-order valence-electron chi connectivity index (χ1n) is 18.7. The molecule has 0 bridgehead atoms. The molecule has 0 atom stereocenters. The van der Waals surface area contributed by atoms with Gasteiger partial charge in [-0.3, -0.25) is 0 Å². The molecular weight excluding hydrogens is 687 g/mol. The van der Waals surface area contributed by atoms with Crippen LogP contribution in [-0.2, 0) is 0 Å². The Morgan fingerprint density at radius 3 is 1.82 bits per heavy atom. The lowest BCUT2D eigenvalue weighted by Crippen LogP contribution is -2.10. The number of thiophene rings is 1. The number of hydrogen-bond donors (Lipinski definition) is 0. The van der Waals surface area contributed by atoms with Crippen LogP contribution >= 0.6 is 11.3 Å². The predicted molar refractivity (Wildman–Crippen MR) is 235 cm³/mol. The Morgan fingerprint density at radius 1 is 0.345 bits per heavy atom. The zero-order chi connectivity index (χ0) is 36.3. The molecule has 0 spiro atoms. The molecule has 0 saturated heterocycles. The monoisotopic (exact) mass is 719 g/mol. The van der Waals surface area contributed by atoms with Gasteiger partial charge >= 0.3 is 0 Å². The molecule has 0 saturated carbocycles. The minimum Gasteiger partial charge on any atom is -0.456 e. The van der Waals surface area contributed by atoms with Gasteiger partial charge in [0.15, 0.2) is 0 Å². The van der Waals surface area contributed by atoms with Crippen LogP contribution in [0.25, 0.3) is 86.3 Å². The molecule has 258 valence electrons. The van der Waals surface area contributed by atoms with E-state index in [0.29, 0.717) is 0 Å². The fourth-order valence-corrected chi connectivity index (χ4v) is 9.29. The molecule has 0 N–H and O–H groups in total. The normalized spacial score (nSPS) is 11.6. The fourth-order valence-electron chi connectivity index (χ4n) is 8.15. The molecule has 0 unspecified atom stereocenters. The van der Waals surface area contributed by atoms with Crippen molar-refractivity contribution >= 4 is 81.3 Å². The number of nitrogens with zero attached hydrogens (tertiary/aromatic N) is 1. The van der Waals surface area contributed by atoms with Crippen molar-refractivity contribution in [1.29, 1.82) is 0 Å². The molecule has 0 aliphatic heterocycles. The summed E-state index contributed by atoms with van der Waals surface area (Å²) in [6, 6.07) is 72.3. The summed E-state index contributed by atoms with van der Waals surface area (Å²) in [5, 5.41) is 7.40. The van der Waals surface area contributed by atoms with Gasteiger partial charge in [0.1, 0.15) is 11.2 Å². The molecule has 0 fully saturated rings. The summed E-state index contributed by atoms with van der Waals surface area (Å²) in [7, 11) is 0. The zero-order valence-corrected chi connectivity index (χ0v) is 30.6. The van der Waals surface area contributed by atoms with E-state index in [1.54, 1.807) is 0 Å². The summed E-state index contributed by atoms with van der Waals surface area (Å²) in [5.74, 6) is 0. The number of benzene rings is 9. The first-order chi connectivity index (χ1) is 27.2. The van der Waals surface area contributed by atoms with Crippen molar-refractivity contribution in [1.82, 2.24) is 0 Å². The summed E-state index contributed by atoms with van der Waals surface area (Å²) >= 11 is 1.86. The standard InChI is InChI=1S/C52H33NOS/c1-2-10-37-31-39(20-19-34(37)9-1)38-11-7-12-43(32-38)53(41-26-21-35(22-27-41)40-25-30-49-47(33-40)45-13-3-5-16-48(45)54-49)42-28-23-36(24-29-42)44-15-8-18-51-52(44)46-14-4-6-17-50(46)55-51/h1-33H. The molecule has 3 heteroatoms. The van der Waals surface area contributed by atoms with Crippen LogP contribution in [0.15, 0.2) is 205 Å². The molecule has 0 aliphatic rings. The molecule has 2 nitrogen and oxygen atoms in total. The van der Waals surface area contributed by atoms with E-state index in [-0.39, 0.29) is 0 Å². The van der Waals surface area contributed by atoms with Crippen molar-refractivity contribution in [3.63, 3.8) is 0 Å². The Balaban J connectivity index is 1.01. The summed E-state index contributed by atoms with van der Waals surface area (Å²) < 4.78 is 8.76. The molecule has 0 aliphatic carbocycles. The van der Waals surface area contributed by atoms with Gasteiger partial charge in [0.25, 0.3) is 0 Å². The summed E-state index contributed by atoms with van der Waals surface area (Å²) in [6.07, 6.45) is 0. The number of rotatable bonds is 6. The van der Waals surface area contributed by atoms with Gasteiger partial charge in [0.2, 0.25) is 0 Å². The van der Waals surface area contributed by atoms with Crippen LogP contribution in [0.2, 0.25) is 0 Å². The maximum Gasteiger partial charge on any atom is 0.135 e. The van der Waals surface area contributed by atoms with Crippen molar-refractivity contribution in [3.8, 4) is 33.4 Å². The van der Waals surface area contributed by atoms with Crippen LogP contribution in [0, 0.1) is 0 Å². The lowest BCUT2D eigenvalue weighted by molar-refractivity contribution is 0.669. The van der Waals surface area contributed by atoms with Gasteiger partial charge in [-0.15, -0.1) is 11.3 Å². The molecule has 0 amide bonds. The van der Waals surface area contributed by atoms with Crippen LogP contribution in [0.4, 0.5) is 17.1 Å². The minimum atomic E-state index is 0.908. The molecule has 2 heterocycles. The smallest absolute Gasteiger partial charge is 0.135 e. The van der Waals surface area contributed by atoms with Gasteiger partial charge in [-0.1, -0.05) is 127 Å². The second kappa shape index (κ2) is 12.9. The van der Waals surface area contributed by atoms with E-state index in [0.717, 1.165) is 50.1 Å². The van der Waals surface area contributed by atoms with Gasteiger partial charge in [-0.05, 0) is 117 Å². The van der Waals surface area contributed by atoms with E-state index in [1.807, 2.05) is 23.5 Å². The van der Waals surface area contributed by atoms with Crippen LogP contribution in [-0.4, -0.2) is 0 Å². The van der Waals surface area contributed by atoms with Gasteiger partial charge in [-0.25, -0.2) is 0 Å². The van der Waals surface area contributed by atoms with Gasteiger partial charge in [0, 0.05) is 48.0 Å². The van der Waals surface area contributed by atoms with E-state index < -0.39 is 0 Å². The minimum absolute atomic E-state index is 0.908. The van der Waals surface area contributed by atoms with Crippen molar-refractivity contribution in [3.05, 3.63) is 200 Å². The molecule has 2 aromatic heterocycles. The van der Waals surface area contributed by atoms with Crippen molar-refractivity contribution in [2.45, 2.75) is 0 Å². The molecule has 0 radical (unpaired) electrons. The van der Waals surface area contributed by atoms with Crippen LogP contribution in [0.3, 0.4) is 0 Å². The largest absolute Gasteiger partial charge is 0.456 e. The lowest BCUT2D eigenvalue weighted by Gasteiger charge is -2.26. The first kappa shape index (κ1) is 31.6. The average Bonchev–Trinajstić information content (AvgIpc) is 3.83. The summed E-state index contributed by atoms with van der Waals surface area (Å²) in [5.41, 5.74) is 12.3. The van der Waals surface area contributed by atoms with Gasteiger partial charge in [0.05, 0.1) is 0 Å². The fraction of sp³-hybridized carbons (Fsp3) is 0. The number of para-hydroxylation sites is 1. The molecule has 11 aromatic rings. The second-order valence-corrected chi connectivity index (χ2v) is 15.2. The van der Waals surface area contributed by atoms with Crippen LogP contribution in [0.1, 0.15) is 0 Å². The van der Waals surface area contributed by atoms with E-state index in [9.17, 15) is 0 Å². The van der Waals surface area contributed by atoms with E-state index in [1.165, 1.54) is 53.2 Å². The van der Waals surface area contributed by atoms with Gasteiger partial charge < -0.3 is 9.32 Å². The Bertz CT molecular complexity index is 3210. The van der Waals surface area contributed by atoms with E-state index >= 15 is 0 Å². The Kier molecular flexibility index (Phi) is 7.39. The molecule has 9 aromatic carbocycles. The molecule has 11 rings (SSSR count). The maximum absolute atomic E-state index is 6.12. The Hall–Kier alpha value is -6.94. The Labute approximate surface area is 322 Å². The van der Waals surface area contributed by atoms with Crippen molar-refractivity contribution < 1.29 is 4.42 Å². The quantitative estimate of drug-likeness (QED) is 0.170. The summed E-state index contributed by atoms with van der Waals surface area (Å²) in [4.78, 5) is 2.37. The number of anilines is 3. The first-order valence-corrected chi connectivity index (χ1v) is 19.5. The van der Waals surface area contributed by atoms with E-state index in [4.69, 9.17) is 4.42 Å². The maximum atomic E-state index is 6.12. The SMILES string of the molecule is c1cc(-c2ccc3ccccc3c2)cc(N(c2ccc(-c3ccc4oc5ccccc5c4c3)cc2)c2ccc(-c3cccc4sc5ccccc5c34)cc2)c1. The predicted octanol–water partition coefficient (Wildman–Crippen LogP) is 15.6. The second-order valence-electron chi connectivity index (χ2n) is 14.1. The third-order valence-electron chi connectivity index (χ3n) is 10.9. The summed E-state index contributed by atoms with van der Waals surface area (Å²) in [6.45, 7) is 0. The average molecular weight is 720 g/mol. The van der Waals surface area contributed by atoms with Crippen molar-refractivity contribution in [2.24, 2.45) is 0 Å². The van der Waals surface area contributed by atoms with Gasteiger partial charge in [-0.2, -0.15) is 0 Å². The lowest BCUT2D eigenvalue weighted by atomic mass is 9.98. The van der Waals surface area contributed by atoms with E-state index in [2.05, 4.69) is 193 Å². The third-order valence-corrected chi connectivity index (χ3v) is 12.0. The highest BCUT2D eigenvalue weighted by atomic mass is 32.1. The Morgan fingerprint density at radius 2 is 0.964 bits per heavy atom. The molecule has 55 heavy (non-hydrogen) atoms. The highest BCUT2D eigenvalue weighted by Gasteiger charge is 2.17. The van der Waals surface area contributed by atoms with Crippen molar-refractivity contribution in [2.75, 3.05) is 4.90 Å². The van der Waals surface area contributed by atoms with Crippen LogP contribution in [0.5, 0.6) is 0 Å². The highest BCUT2D eigenvalue weighted by molar-refractivity contribution is 7.25. The van der Waals surface area contributed by atoms with Crippen LogP contribution < -0.4 is 4.90 Å². The third kappa shape index (κ3) is 5.48. The zero-order valence-electron chi connectivity index (χ0n) is 29.8. The number of furan rings is 1.